The van der Waals surface area contributed by atoms with Crippen LogP contribution in [0.15, 0.2) is 53.8 Å². The number of aromatic hydroxyl groups is 2. The molecule has 4 heteroatoms. The van der Waals surface area contributed by atoms with Gasteiger partial charge in [0.1, 0.15) is 0 Å². The molecular formula is C22H22O4. The Morgan fingerprint density at radius 2 is 1.69 bits per heavy atom. The molecule has 26 heavy (non-hydrogen) atoms. The lowest BCUT2D eigenvalue weighted by molar-refractivity contribution is 0.101. The number of hydrogen-bond acceptors (Lipinski definition) is 4. The molecule has 1 heterocycles. The number of benzene rings is 2. The molecule has 0 saturated carbocycles. The first kappa shape index (κ1) is 17.8. The summed E-state index contributed by atoms with van der Waals surface area (Å²) >= 11 is 0. The van der Waals surface area contributed by atoms with Crippen molar-refractivity contribution >= 4 is 11.9 Å². The zero-order valence-corrected chi connectivity index (χ0v) is 15.3. The van der Waals surface area contributed by atoms with Gasteiger partial charge in [0.05, 0.1) is 5.56 Å². The Hall–Kier alpha value is -3.01. The van der Waals surface area contributed by atoms with Gasteiger partial charge in [-0.15, -0.1) is 0 Å². The van der Waals surface area contributed by atoms with Crippen molar-refractivity contribution < 1.29 is 19.7 Å². The van der Waals surface area contributed by atoms with E-state index in [1.54, 1.807) is 6.08 Å². The third-order valence-corrected chi connectivity index (χ3v) is 4.32. The van der Waals surface area contributed by atoms with Crippen LogP contribution in [0.2, 0.25) is 0 Å². The van der Waals surface area contributed by atoms with Crippen molar-refractivity contribution in [2.45, 2.75) is 33.1 Å². The maximum Gasteiger partial charge on any atom is 0.232 e. The smallest absolute Gasteiger partial charge is 0.232 e. The van der Waals surface area contributed by atoms with Gasteiger partial charge in [0, 0.05) is 0 Å². The quantitative estimate of drug-likeness (QED) is 0.593. The fourth-order valence-corrected chi connectivity index (χ4v) is 2.82. The normalized spacial score (nSPS) is 15.9. The lowest BCUT2D eigenvalue weighted by atomic mass is 9.86. The highest BCUT2D eigenvalue weighted by Crippen LogP contribution is 2.44. The van der Waals surface area contributed by atoms with E-state index in [1.807, 2.05) is 25.1 Å². The molecule has 2 aromatic carbocycles. The van der Waals surface area contributed by atoms with Crippen LogP contribution < -0.4 is 4.74 Å². The van der Waals surface area contributed by atoms with Crippen LogP contribution in [-0.2, 0) is 5.41 Å². The van der Waals surface area contributed by atoms with E-state index in [2.05, 4.69) is 32.9 Å². The van der Waals surface area contributed by atoms with Crippen LogP contribution in [0.4, 0.5) is 0 Å². The molecule has 0 fully saturated rings. The van der Waals surface area contributed by atoms with Crippen LogP contribution in [0.3, 0.4) is 0 Å². The summed E-state index contributed by atoms with van der Waals surface area (Å²) in [5.74, 6) is -0.918. The van der Waals surface area contributed by atoms with Gasteiger partial charge in [0.2, 0.25) is 11.5 Å². The van der Waals surface area contributed by atoms with Crippen LogP contribution in [0.5, 0.6) is 17.2 Å². The Bertz CT molecular complexity index is 926. The van der Waals surface area contributed by atoms with Crippen molar-refractivity contribution in [1.82, 2.24) is 0 Å². The Morgan fingerprint density at radius 1 is 1.04 bits per heavy atom. The highest BCUT2D eigenvalue weighted by molar-refractivity contribution is 6.13. The zero-order valence-electron chi connectivity index (χ0n) is 15.3. The number of phenols is 2. The van der Waals surface area contributed by atoms with Crippen LogP contribution in [-0.4, -0.2) is 16.0 Å². The van der Waals surface area contributed by atoms with Crippen molar-refractivity contribution in [3.05, 3.63) is 70.5 Å². The van der Waals surface area contributed by atoms with Gasteiger partial charge >= 0.3 is 0 Å². The molecule has 0 unspecified atom stereocenters. The predicted molar refractivity (Wildman–Crippen MR) is 102 cm³/mol. The Kier molecular flexibility index (Phi) is 4.36. The van der Waals surface area contributed by atoms with Gasteiger partial charge in [-0.2, -0.15) is 0 Å². The maximum atomic E-state index is 12.4. The molecule has 4 nitrogen and oxygen atoms in total. The number of fused-ring (bicyclic) bond motifs is 1. The van der Waals surface area contributed by atoms with Crippen LogP contribution in [0.25, 0.3) is 6.08 Å². The first-order valence-corrected chi connectivity index (χ1v) is 8.45. The average molecular weight is 350 g/mol. The molecule has 0 saturated heterocycles. The minimum atomic E-state index is -0.418. The van der Waals surface area contributed by atoms with Gasteiger partial charge in [0.25, 0.3) is 0 Å². The Balaban J connectivity index is 1.85. The molecular weight excluding hydrogens is 328 g/mol. The number of hydrogen-bond donors (Lipinski definition) is 2. The number of carbonyl (C=O) groups is 1. The first-order chi connectivity index (χ1) is 12.2. The molecule has 0 atom stereocenters. The zero-order chi connectivity index (χ0) is 19.1. The molecule has 0 aromatic heterocycles. The van der Waals surface area contributed by atoms with Crippen molar-refractivity contribution in [2.24, 2.45) is 0 Å². The minimum Gasteiger partial charge on any atom is -0.504 e. The second-order valence-electron chi connectivity index (χ2n) is 7.51. The standard InChI is InChI=1S/C22H22O4/c1-13(11-14-5-7-15(8-6-14)22(2,3)4)12-18-19(24)16-9-10-17(23)20(25)21(16)26-18/h5-12,23,25H,1-4H3. The highest BCUT2D eigenvalue weighted by Gasteiger charge is 2.31. The van der Waals surface area contributed by atoms with Crippen molar-refractivity contribution in [3.8, 4) is 17.2 Å². The molecule has 0 spiro atoms. The van der Waals surface area contributed by atoms with E-state index in [-0.39, 0.29) is 34.0 Å². The van der Waals surface area contributed by atoms with Gasteiger partial charge in [-0.05, 0) is 47.2 Å². The molecule has 0 aliphatic carbocycles. The molecule has 0 bridgehead atoms. The van der Waals surface area contributed by atoms with E-state index in [0.29, 0.717) is 0 Å². The van der Waals surface area contributed by atoms with Gasteiger partial charge in [0.15, 0.2) is 17.3 Å². The van der Waals surface area contributed by atoms with E-state index in [0.717, 1.165) is 11.1 Å². The third kappa shape index (κ3) is 3.36. The summed E-state index contributed by atoms with van der Waals surface area (Å²) in [5.41, 5.74) is 3.46. The summed E-state index contributed by atoms with van der Waals surface area (Å²) in [7, 11) is 0. The van der Waals surface area contributed by atoms with Crippen molar-refractivity contribution in [3.63, 3.8) is 0 Å². The summed E-state index contributed by atoms with van der Waals surface area (Å²) in [6.07, 6.45) is 3.59. The van der Waals surface area contributed by atoms with Crippen molar-refractivity contribution in [1.29, 1.82) is 0 Å². The van der Waals surface area contributed by atoms with Gasteiger partial charge in [-0.25, -0.2) is 0 Å². The molecule has 0 radical (unpaired) electrons. The summed E-state index contributed by atoms with van der Waals surface area (Å²) < 4.78 is 5.46. The molecule has 0 amide bonds. The van der Waals surface area contributed by atoms with Crippen LogP contribution in [0.1, 0.15) is 49.2 Å². The van der Waals surface area contributed by atoms with Gasteiger partial charge in [-0.1, -0.05) is 51.1 Å². The third-order valence-electron chi connectivity index (χ3n) is 4.32. The van der Waals surface area contributed by atoms with Crippen LogP contribution >= 0.6 is 0 Å². The van der Waals surface area contributed by atoms with Crippen molar-refractivity contribution in [2.75, 3.05) is 0 Å². The second kappa shape index (κ2) is 6.37. The number of ketones is 1. The van der Waals surface area contributed by atoms with E-state index in [1.165, 1.54) is 17.7 Å². The van der Waals surface area contributed by atoms with E-state index >= 15 is 0 Å². The number of phenolic OH excluding ortho intramolecular Hbond substituents is 2. The number of ether oxygens (including phenoxy) is 1. The molecule has 134 valence electrons. The molecule has 1 aliphatic heterocycles. The lowest BCUT2D eigenvalue weighted by Gasteiger charge is -2.18. The first-order valence-electron chi connectivity index (χ1n) is 8.45. The van der Waals surface area contributed by atoms with Gasteiger partial charge in [-0.3, -0.25) is 4.79 Å². The number of carbonyl (C=O) groups excluding carboxylic acids is 1. The Morgan fingerprint density at radius 3 is 2.31 bits per heavy atom. The highest BCUT2D eigenvalue weighted by atomic mass is 16.5. The number of Topliss-reactive ketones (excluding diaryl/α,β-unsaturated/α-hetero) is 1. The average Bonchev–Trinajstić information content (AvgIpc) is 2.87. The summed E-state index contributed by atoms with van der Waals surface area (Å²) in [6, 6.07) is 11.0. The SMILES string of the molecule is CC(=Cc1ccc(C(C)(C)C)cc1)C=C1Oc2c(ccc(O)c2O)C1=O. The molecule has 2 N–H and O–H groups in total. The number of rotatable bonds is 2. The minimum absolute atomic E-state index is 0.00331. The maximum absolute atomic E-state index is 12.4. The van der Waals surface area contributed by atoms with E-state index < -0.39 is 5.75 Å². The fraction of sp³-hybridized carbons (Fsp3) is 0.227. The summed E-state index contributed by atoms with van der Waals surface area (Å²) in [5, 5.41) is 19.4. The van der Waals surface area contributed by atoms with E-state index in [9.17, 15) is 15.0 Å². The number of allylic oxidation sites excluding steroid dienone is 3. The molecule has 1 aliphatic rings. The van der Waals surface area contributed by atoms with E-state index in [4.69, 9.17) is 4.74 Å². The topological polar surface area (TPSA) is 66.8 Å². The molecule has 3 rings (SSSR count). The Labute approximate surface area is 153 Å². The summed E-state index contributed by atoms with van der Waals surface area (Å²) in [6.45, 7) is 8.38. The second-order valence-corrected chi connectivity index (χ2v) is 7.51. The van der Waals surface area contributed by atoms with Gasteiger partial charge < -0.3 is 14.9 Å². The van der Waals surface area contributed by atoms with Crippen LogP contribution in [0, 0.1) is 0 Å². The predicted octanol–water partition coefficient (Wildman–Crippen LogP) is 4.96. The molecule has 2 aromatic rings. The fourth-order valence-electron chi connectivity index (χ4n) is 2.82. The lowest BCUT2D eigenvalue weighted by Crippen LogP contribution is -2.10. The summed E-state index contributed by atoms with van der Waals surface area (Å²) in [4.78, 5) is 12.4. The monoisotopic (exact) mass is 350 g/mol. The largest absolute Gasteiger partial charge is 0.504 e.